The van der Waals surface area contributed by atoms with Crippen LogP contribution >= 0.6 is 0 Å². The largest absolute Gasteiger partial charge is 0.494 e. The third-order valence-electron chi connectivity index (χ3n) is 5.19. The number of carbonyl (C=O) groups is 2. The zero-order valence-electron chi connectivity index (χ0n) is 21.7. The van der Waals surface area contributed by atoms with Gasteiger partial charge in [0.15, 0.2) is 0 Å². The van der Waals surface area contributed by atoms with Crippen LogP contribution in [0.5, 0.6) is 5.75 Å². The van der Waals surface area contributed by atoms with Crippen LogP contribution < -0.4 is 14.8 Å². The first kappa shape index (κ1) is 30.1. The summed E-state index contributed by atoms with van der Waals surface area (Å²) in [6.45, 7) is 6.58. The molecule has 9 nitrogen and oxygen atoms in total. The molecule has 0 aromatic heterocycles. The highest BCUT2D eigenvalue weighted by molar-refractivity contribution is 7.88. The molecule has 0 aliphatic rings. The SMILES string of the molecule is CC(C)(C)OC(=O)NCCCCCCOc1ccc(C[C@H](NS(=O)(=O)Cc2ccccc2)C(=O)O)cc1. The number of hydrogen-bond acceptors (Lipinski definition) is 6. The first-order valence-corrected chi connectivity index (χ1v) is 14.0. The van der Waals surface area contributed by atoms with Crippen LogP contribution in [-0.4, -0.2) is 50.4 Å². The molecule has 37 heavy (non-hydrogen) atoms. The number of alkyl carbamates (subject to hydrolysis) is 1. The van der Waals surface area contributed by atoms with E-state index in [0.29, 0.717) is 30.0 Å². The number of unbranched alkanes of at least 4 members (excludes halogenated alkanes) is 3. The summed E-state index contributed by atoms with van der Waals surface area (Å²) in [5.74, 6) is -0.866. The van der Waals surface area contributed by atoms with Crippen LogP contribution in [0.25, 0.3) is 0 Å². The standard InChI is InChI=1S/C27H38N2O7S/c1-27(2,3)36-26(32)28-17-9-4-5-10-18-35-23-15-13-21(14-16-23)19-24(25(30)31)29-37(33,34)20-22-11-7-6-8-12-22/h6-8,11-16,24,29H,4-5,9-10,17-20H2,1-3H3,(H,28,32)(H,30,31)/t24-/m0/s1. The second kappa shape index (κ2) is 14.6. The van der Waals surface area contributed by atoms with Crippen LogP contribution in [-0.2, 0) is 31.7 Å². The number of sulfonamides is 1. The van der Waals surface area contributed by atoms with Crippen molar-refractivity contribution in [1.29, 1.82) is 0 Å². The van der Waals surface area contributed by atoms with Crippen LogP contribution in [0.4, 0.5) is 4.79 Å². The van der Waals surface area contributed by atoms with Gasteiger partial charge in [0.25, 0.3) is 0 Å². The van der Waals surface area contributed by atoms with Gasteiger partial charge in [-0.25, -0.2) is 17.9 Å². The second-order valence-corrected chi connectivity index (χ2v) is 11.5. The van der Waals surface area contributed by atoms with Crippen molar-refractivity contribution in [1.82, 2.24) is 10.0 Å². The molecular weight excluding hydrogens is 496 g/mol. The van der Waals surface area contributed by atoms with Crippen molar-refractivity contribution in [2.24, 2.45) is 0 Å². The van der Waals surface area contributed by atoms with Crippen molar-refractivity contribution in [3.63, 3.8) is 0 Å². The number of carbonyl (C=O) groups excluding carboxylic acids is 1. The highest BCUT2D eigenvalue weighted by Gasteiger charge is 2.24. The highest BCUT2D eigenvalue weighted by atomic mass is 32.2. The maximum absolute atomic E-state index is 12.4. The number of carboxylic acids is 1. The van der Waals surface area contributed by atoms with Gasteiger partial charge < -0.3 is 19.9 Å². The minimum Gasteiger partial charge on any atom is -0.494 e. The third kappa shape index (κ3) is 13.1. The molecule has 2 aromatic rings. The van der Waals surface area contributed by atoms with Gasteiger partial charge in [-0.15, -0.1) is 0 Å². The molecule has 0 spiro atoms. The Bertz CT molecular complexity index is 1080. The maximum Gasteiger partial charge on any atom is 0.407 e. The molecule has 0 fully saturated rings. The van der Waals surface area contributed by atoms with Crippen LogP contribution in [0.15, 0.2) is 54.6 Å². The monoisotopic (exact) mass is 534 g/mol. The van der Waals surface area contributed by atoms with Gasteiger partial charge in [0, 0.05) is 6.54 Å². The van der Waals surface area contributed by atoms with Crippen molar-refractivity contribution in [2.75, 3.05) is 13.2 Å². The molecular formula is C27H38N2O7S. The van der Waals surface area contributed by atoms with E-state index in [1.54, 1.807) is 54.6 Å². The topological polar surface area (TPSA) is 131 Å². The molecule has 0 unspecified atom stereocenters. The van der Waals surface area contributed by atoms with E-state index in [2.05, 4.69) is 10.0 Å². The van der Waals surface area contributed by atoms with Gasteiger partial charge >= 0.3 is 12.1 Å². The number of rotatable bonds is 15. The normalized spacial score (nSPS) is 12.5. The molecule has 1 amide bonds. The van der Waals surface area contributed by atoms with Crippen molar-refractivity contribution in [3.8, 4) is 5.75 Å². The van der Waals surface area contributed by atoms with E-state index in [1.165, 1.54) is 0 Å². The zero-order chi connectivity index (χ0) is 27.3. The average molecular weight is 535 g/mol. The van der Waals surface area contributed by atoms with E-state index >= 15 is 0 Å². The summed E-state index contributed by atoms with van der Waals surface area (Å²) in [5.41, 5.74) is 0.759. The first-order valence-electron chi connectivity index (χ1n) is 12.4. The van der Waals surface area contributed by atoms with Crippen molar-refractivity contribution < 1.29 is 32.6 Å². The number of carboxylic acid groups (broad SMARTS) is 1. The Balaban J connectivity index is 1.69. The third-order valence-corrected chi connectivity index (χ3v) is 6.55. The predicted octanol–water partition coefficient (Wildman–Crippen LogP) is 4.27. The Labute approximate surface area is 219 Å². The maximum atomic E-state index is 12.4. The fourth-order valence-corrected chi connectivity index (χ4v) is 4.80. The molecule has 0 aliphatic heterocycles. The van der Waals surface area contributed by atoms with Crippen molar-refractivity contribution in [2.45, 2.75) is 70.3 Å². The van der Waals surface area contributed by atoms with Gasteiger partial charge in [-0.2, -0.15) is 0 Å². The smallest absolute Gasteiger partial charge is 0.407 e. The van der Waals surface area contributed by atoms with E-state index in [0.717, 1.165) is 25.7 Å². The molecule has 0 bridgehead atoms. The molecule has 204 valence electrons. The van der Waals surface area contributed by atoms with Crippen LogP contribution in [0.2, 0.25) is 0 Å². The summed E-state index contributed by atoms with van der Waals surface area (Å²) in [7, 11) is -3.82. The zero-order valence-corrected chi connectivity index (χ0v) is 22.6. The van der Waals surface area contributed by atoms with Gasteiger partial charge in [-0.05, 0) is 63.3 Å². The fourth-order valence-electron chi connectivity index (χ4n) is 3.46. The summed E-state index contributed by atoms with van der Waals surface area (Å²) in [4.78, 5) is 23.3. The second-order valence-electron chi connectivity index (χ2n) is 9.79. The number of hydrogen-bond donors (Lipinski definition) is 3. The van der Waals surface area contributed by atoms with E-state index in [4.69, 9.17) is 9.47 Å². The van der Waals surface area contributed by atoms with Crippen LogP contribution in [0.1, 0.15) is 57.6 Å². The lowest BCUT2D eigenvalue weighted by atomic mass is 10.1. The molecule has 2 rings (SSSR count). The predicted molar refractivity (Wildman–Crippen MR) is 142 cm³/mol. The van der Waals surface area contributed by atoms with Crippen LogP contribution in [0.3, 0.4) is 0 Å². The van der Waals surface area contributed by atoms with Gasteiger partial charge in [0.05, 0.1) is 12.4 Å². The Kier molecular flexibility index (Phi) is 11.9. The van der Waals surface area contributed by atoms with E-state index in [-0.39, 0.29) is 12.2 Å². The van der Waals surface area contributed by atoms with Gasteiger partial charge in [-0.3, -0.25) is 4.79 Å². The van der Waals surface area contributed by atoms with Crippen molar-refractivity contribution in [3.05, 3.63) is 65.7 Å². The molecule has 3 N–H and O–H groups in total. The summed E-state index contributed by atoms with van der Waals surface area (Å²) in [6, 6.07) is 14.3. The summed E-state index contributed by atoms with van der Waals surface area (Å²) < 4.78 is 38.1. The Hall–Kier alpha value is -3.11. The van der Waals surface area contributed by atoms with Crippen molar-refractivity contribution >= 4 is 22.1 Å². The lowest BCUT2D eigenvalue weighted by Crippen LogP contribution is -2.42. The number of nitrogens with one attached hydrogen (secondary N) is 2. The quantitative estimate of drug-likeness (QED) is 0.291. The van der Waals surface area contributed by atoms with Gasteiger partial charge in [0.1, 0.15) is 17.4 Å². The lowest BCUT2D eigenvalue weighted by Gasteiger charge is -2.19. The minimum absolute atomic E-state index is 0.0148. The Morgan fingerprint density at radius 1 is 0.919 bits per heavy atom. The lowest BCUT2D eigenvalue weighted by molar-refractivity contribution is -0.138. The van der Waals surface area contributed by atoms with Crippen LogP contribution in [0, 0.1) is 0 Å². The summed E-state index contributed by atoms with van der Waals surface area (Å²) >= 11 is 0. The number of benzene rings is 2. The molecule has 0 radical (unpaired) electrons. The molecule has 0 saturated carbocycles. The summed E-state index contributed by atoms with van der Waals surface area (Å²) in [6.07, 6.45) is 3.23. The molecule has 10 heteroatoms. The van der Waals surface area contributed by atoms with E-state index in [1.807, 2.05) is 20.8 Å². The first-order chi connectivity index (χ1) is 17.4. The van der Waals surface area contributed by atoms with E-state index in [9.17, 15) is 23.1 Å². The van der Waals surface area contributed by atoms with Gasteiger partial charge in [-0.1, -0.05) is 55.3 Å². The molecule has 0 saturated heterocycles. The van der Waals surface area contributed by atoms with E-state index < -0.39 is 33.7 Å². The fraction of sp³-hybridized carbons (Fsp3) is 0.481. The molecule has 1 atom stereocenters. The Morgan fingerprint density at radius 3 is 2.19 bits per heavy atom. The molecule has 0 aliphatic carbocycles. The average Bonchev–Trinajstić information content (AvgIpc) is 2.80. The number of ether oxygens (including phenoxy) is 2. The number of aliphatic carboxylic acids is 1. The minimum atomic E-state index is -3.82. The molecule has 0 heterocycles. The Morgan fingerprint density at radius 2 is 1.57 bits per heavy atom. The summed E-state index contributed by atoms with van der Waals surface area (Å²) in [5, 5.41) is 12.3. The highest BCUT2D eigenvalue weighted by Crippen LogP contribution is 2.15. The molecule has 2 aromatic carbocycles. The number of amides is 1. The van der Waals surface area contributed by atoms with Gasteiger partial charge in [0.2, 0.25) is 10.0 Å².